The number of fused-ring (bicyclic) bond motifs is 2. The summed E-state index contributed by atoms with van der Waals surface area (Å²) in [5.74, 6) is 0.784. The molecule has 0 saturated carbocycles. The smallest absolute Gasteiger partial charge is 0.231 e. The topological polar surface area (TPSA) is 82.5 Å². The van der Waals surface area contributed by atoms with Crippen LogP contribution in [0.1, 0.15) is 39.5 Å². The van der Waals surface area contributed by atoms with Gasteiger partial charge < -0.3 is 14.8 Å². The highest BCUT2D eigenvalue weighted by molar-refractivity contribution is 6.08. The van der Waals surface area contributed by atoms with Gasteiger partial charge in [0.1, 0.15) is 5.82 Å². The van der Waals surface area contributed by atoms with Crippen molar-refractivity contribution < 1.29 is 19.1 Å². The fourth-order valence-corrected chi connectivity index (χ4v) is 3.89. The third kappa shape index (κ3) is 2.86. The quantitative estimate of drug-likeness (QED) is 0.693. The molecule has 5 rings (SSSR count). The maximum Gasteiger partial charge on any atom is 0.231 e. The van der Waals surface area contributed by atoms with Crippen LogP contribution in [0.4, 0.5) is 5.82 Å². The Morgan fingerprint density at radius 1 is 1.10 bits per heavy atom. The van der Waals surface area contributed by atoms with E-state index in [1.54, 1.807) is 22.9 Å². The van der Waals surface area contributed by atoms with E-state index < -0.39 is 5.92 Å². The van der Waals surface area contributed by atoms with Crippen molar-refractivity contribution in [1.82, 2.24) is 9.78 Å². The first kappa shape index (κ1) is 17.5. The zero-order valence-electron chi connectivity index (χ0n) is 16.1. The van der Waals surface area contributed by atoms with E-state index in [9.17, 15) is 9.59 Å². The molecule has 0 unspecified atom stereocenters. The largest absolute Gasteiger partial charge is 0.454 e. The van der Waals surface area contributed by atoms with Gasteiger partial charge in [-0.05, 0) is 44.2 Å². The predicted molar refractivity (Wildman–Crippen MR) is 106 cm³/mol. The van der Waals surface area contributed by atoms with Gasteiger partial charge in [0.25, 0.3) is 0 Å². The molecule has 2 aliphatic heterocycles. The summed E-state index contributed by atoms with van der Waals surface area (Å²) < 4.78 is 12.4. The molecule has 7 heteroatoms. The predicted octanol–water partition coefficient (Wildman–Crippen LogP) is 3.53. The number of carbonyl (C=O) groups excluding carboxylic acids is 2. The van der Waals surface area contributed by atoms with Crippen LogP contribution in [0.5, 0.6) is 11.5 Å². The first-order valence-electron chi connectivity index (χ1n) is 9.41. The molecule has 29 heavy (non-hydrogen) atoms. The molecule has 1 amide bonds. The van der Waals surface area contributed by atoms with E-state index in [2.05, 4.69) is 10.4 Å². The zero-order valence-corrected chi connectivity index (χ0v) is 16.1. The number of ether oxygens (including phenoxy) is 2. The minimum absolute atomic E-state index is 0.0840. The summed E-state index contributed by atoms with van der Waals surface area (Å²) in [5.41, 5.74) is 3.93. The Bertz CT molecular complexity index is 1150. The molecule has 0 fully saturated rings. The zero-order chi connectivity index (χ0) is 20.1. The molecular weight excluding hydrogens is 370 g/mol. The Morgan fingerprint density at radius 3 is 2.66 bits per heavy atom. The van der Waals surface area contributed by atoms with Crippen LogP contribution in [-0.2, 0) is 4.79 Å². The summed E-state index contributed by atoms with van der Waals surface area (Å²) in [6.45, 7) is 4.02. The summed E-state index contributed by atoms with van der Waals surface area (Å²) in [4.78, 5) is 25.8. The summed E-state index contributed by atoms with van der Waals surface area (Å²) in [7, 11) is 0. The van der Waals surface area contributed by atoms with Gasteiger partial charge in [0.15, 0.2) is 17.3 Å². The van der Waals surface area contributed by atoms with Crippen molar-refractivity contribution >= 4 is 17.5 Å². The van der Waals surface area contributed by atoms with Crippen molar-refractivity contribution in [2.45, 2.75) is 26.2 Å². The lowest BCUT2D eigenvalue weighted by Crippen LogP contribution is -2.28. The van der Waals surface area contributed by atoms with Gasteiger partial charge in [-0.3, -0.25) is 9.59 Å². The Balaban J connectivity index is 1.58. The number of hydrogen-bond donors (Lipinski definition) is 1. The number of hydrogen-bond acceptors (Lipinski definition) is 5. The third-order valence-electron chi connectivity index (χ3n) is 5.35. The fourth-order valence-electron chi connectivity index (χ4n) is 3.89. The summed E-state index contributed by atoms with van der Waals surface area (Å²) >= 11 is 0. The molecular formula is C22H19N3O4. The number of benzene rings is 2. The number of rotatable bonds is 3. The van der Waals surface area contributed by atoms with E-state index in [0.717, 1.165) is 22.5 Å². The molecule has 7 nitrogen and oxygen atoms in total. The number of nitrogens with zero attached hydrogens (tertiary/aromatic N) is 2. The second kappa shape index (κ2) is 6.48. The van der Waals surface area contributed by atoms with Crippen molar-refractivity contribution in [2.75, 3.05) is 12.1 Å². The van der Waals surface area contributed by atoms with E-state index in [4.69, 9.17) is 9.47 Å². The second-order valence-electron chi connectivity index (χ2n) is 7.33. The number of anilines is 1. The summed E-state index contributed by atoms with van der Waals surface area (Å²) in [6, 6.07) is 13.0. The SMILES string of the molecule is Cc1ccc(-n2nc(C)c3c2NC(=O)C[C@H]3C(=O)c2ccc3c(c2)OCO3)cc1. The summed E-state index contributed by atoms with van der Waals surface area (Å²) in [6.07, 6.45) is 0.0840. The molecule has 1 aromatic heterocycles. The molecule has 1 atom stereocenters. The maximum atomic E-state index is 13.3. The number of Topliss-reactive ketones (excluding diaryl/α,β-unsaturated/α-hetero) is 1. The summed E-state index contributed by atoms with van der Waals surface area (Å²) in [5, 5.41) is 7.52. The van der Waals surface area contributed by atoms with Gasteiger partial charge in [0, 0.05) is 17.5 Å². The lowest BCUT2D eigenvalue weighted by molar-refractivity contribution is -0.116. The Hall–Kier alpha value is -3.61. The maximum absolute atomic E-state index is 13.3. The van der Waals surface area contributed by atoms with Crippen LogP contribution >= 0.6 is 0 Å². The van der Waals surface area contributed by atoms with Gasteiger partial charge in [0.05, 0.1) is 17.3 Å². The van der Waals surface area contributed by atoms with Crippen LogP contribution in [0, 0.1) is 13.8 Å². The average Bonchev–Trinajstić information content (AvgIpc) is 3.31. The molecule has 3 heterocycles. The molecule has 146 valence electrons. The normalized spacial score (nSPS) is 17.0. The van der Waals surface area contributed by atoms with Gasteiger partial charge in [-0.15, -0.1) is 0 Å². The van der Waals surface area contributed by atoms with Gasteiger partial charge >= 0.3 is 0 Å². The van der Waals surface area contributed by atoms with E-state index in [-0.39, 0.29) is 24.9 Å². The van der Waals surface area contributed by atoms with E-state index in [0.29, 0.717) is 22.9 Å². The van der Waals surface area contributed by atoms with Crippen LogP contribution in [-0.4, -0.2) is 28.3 Å². The van der Waals surface area contributed by atoms with Crippen molar-refractivity contribution in [2.24, 2.45) is 0 Å². The van der Waals surface area contributed by atoms with E-state index >= 15 is 0 Å². The molecule has 3 aromatic rings. The minimum atomic E-state index is -0.599. The van der Waals surface area contributed by atoms with Crippen LogP contribution < -0.4 is 14.8 Å². The number of aromatic nitrogens is 2. The molecule has 0 aliphatic carbocycles. The van der Waals surface area contributed by atoms with E-state index in [1.165, 1.54) is 0 Å². The fraction of sp³-hybridized carbons (Fsp3) is 0.227. The van der Waals surface area contributed by atoms with Gasteiger partial charge in [0.2, 0.25) is 12.7 Å². The average molecular weight is 389 g/mol. The molecule has 0 spiro atoms. The second-order valence-corrected chi connectivity index (χ2v) is 7.33. The standard InChI is InChI=1S/C22H19N3O4/c1-12-3-6-15(7-4-12)25-22-20(13(2)24-25)16(10-19(26)23-22)21(27)14-5-8-17-18(9-14)29-11-28-17/h3-9,16H,10-11H2,1-2H3,(H,23,26)/t16-/m1/s1. The molecule has 0 radical (unpaired) electrons. The first-order valence-corrected chi connectivity index (χ1v) is 9.41. The van der Waals surface area contributed by atoms with Crippen LogP contribution in [0.15, 0.2) is 42.5 Å². The lowest BCUT2D eigenvalue weighted by Gasteiger charge is -2.23. The molecule has 1 N–H and O–H groups in total. The number of carbonyl (C=O) groups is 2. The number of ketones is 1. The van der Waals surface area contributed by atoms with Gasteiger partial charge in [-0.1, -0.05) is 17.7 Å². The molecule has 0 saturated heterocycles. The Labute approximate surface area is 167 Å². The first-order chi connectivity index (χ1) is 14.0. The van der Waals surface area contributed by atoms with E-state index in [1.807, 2.05) is 38.1 Å². The van der Waals surface area contributed by atoms with Gasteiger partial charge in [-0.25, -0.2) is 4.68 Å². The molecule has 0 bridgehead atoms. The highest BCUT2D eigenvalue weighted by Gasteiger charge is 2.36. The molecule has 2 aromatic carbocycles. The third-order valence-corrected chi connectivity index (χ3v) is 5.35. The van der Waals surface area contributed by atoms with Crippen LogP contribution in [0.25, 0.3) is 5.69 Å². The van der Waals surface area contributed by atoms with Crippen molar-refractivity contribution in [3.8, 4) is 17.2 Å². The number of amides is 1. The van der Waals surface area contributed by atoms with Crippen LogP contribution in [0.3, 0.4) is 0 Å². The Morgan fingerprint density at radius 2 is 1.86 bits per heavy atom. The molecule has 2 aliphatic rings. The lowest BCUT2D eigenvalue weighted by atomic mass is 9.85. The number of aryl methyl sites for hydroxylation is 2. The highest BCUT2D eigenvalue weighted by atomic mass is 16.7. The monoisotopic (exact) mass is 389 g/mol. The Kier molecular flexibility index (Phi) is 3.91. The van der Waals surface area contributed by atoms with Gasteiger partial charge in [-0.2, -0.15) is 5.10 Å². The van der Waals surface area contributed by atoms with Crippen molar-refractivity contribution in [1.29, 1.82) is 0 Å². The van der Waals surface area contributed by atoms with Crippen molar-refractivity contribution in [3.05, 3.63) is 64.8 Å². The van der Waals surface area contributed by atoms with Crippen LogP contribution in [0.2, 0.25) is 0 Å². The highest BCUT2D eigenvalue weighted by Crippen LogP contribution is 2.40. The minimum Gasteiger partial charge on any atom is -0.454 e. The number of nitrogens with one attached hydrogen (secondary N) is 1. The van der Waals surface area contributed by atoms with Crippen molar-refractivity contribution in [3.63, 3.8) is 0 Å².